The predicted molar refractivity (Wildman–Crippen MR) is 88.8 cm³/mol. The van der Waals surface area contributed by atoms with Gasteiger partial charge in [-0.1, -0.05) is 63.9 Å². The fourth-order valence-electron chi connectivity index (χ4n) is 1.96. The summed E-state index contributed by atoms with van der Waals surface area (Å²) in [4.78, 5) is 15.7. The van der Waals surface area contributed by atoms with Crippen molar-refractivity contribution in [1.82, 2.24) is 22.1 Å². The summed E-state index contributed by atoms with van der Waals surface area (Å²) in [7, 11) is 0. The lowest BCUT2D eigenvalue weighted by Crippen LogP contribution is -2.51. The lowest BCUT2D eigenvalue weighted by Gasteiger charge is -2.09. The minimum Gasteiger partial charge on any atom is -0.355 e. The number of terminal acetylenes is 1. The van der Waals surface area contributed by atoms with Gasteiger partial charge in [0.15, 0.2) is 0 Å². The molecule has 0 fully saturated rings. The maximum Gasteiger partial charge on any atom is 0.327 e. The molecule has 0 aromatic rings. The van der Waals surface area contributed by atoms with E-state index < -0.39 is 5.97 Å². The summed E-state index contributed by atoms with van der Waals surface area (Å²) in [5, 5.41) is 0. The molecule has 6 nitrogen and oxygen atoms in total. The molecule has 0 bridgehead atoms. The van der Waals surface area contributed by atoms with Crippen LogP contribution in [0.3, 0.4) is 0 Å². The number of hydrogen-bond acceptors (Lipinski definition) is 6. The number of nitrogens with one attached hydrogen (secondary N) is 4. The fourth-order valence-corrected chi connectivity index (χ4v) is 1.96. The molecule has 4 N–H and O–H groups in total. The summed E-state index contributed by atoms with van der Waals surface area (Å²) >= 11 is 0. The van der Waals surface area contributed by atoms with Crippen molar-refractivity contribution in [3.8, 4) is 12.3 Å². The van der Waals surface area contributed by atoms with Gasteiger partial charge < -0.3 is 4.84 Å². The van der Waals surface area contributed by atoms with Crippen LogP contribution in [0.4, 0.5) is 0 Å². The van der Waals surface area contributed by atoms with E-state index in [2.05, 4.69) is 39.8 Å². The Balaban J connectivity index is 3.05. The van der Waals surface area contributed by atoms with Gasteiger partial charge in [-0.2, -0.15) is 5.53 Å². The molecule has 0 spiro atoms. The number of rotatable bonds is 16. The first-order valence-electron chi connectivity index (χ1n) is 8.42. The molecule has 6 heteroatoms. The molecule has 22 heavy (non-hydrogen) atoms. The zero-order valence-corrected chi connectivity index (χ0v) is 13.9. The predicted octanol–water partition coefficient (Wildman–Crippen LogP) is 2.49. The molecule has 0 aromatic carbocycles. The molecule has 0 aliphatic carbocycles. The second-order valence-electron chi connectivity index (χ2n) is 5.29. The highest BCUT2D eigenvalue weighted by Crippen LogP contribution is 2.08. The molecule has 0 unspecified atom stereocenters. The highest BCUT2D eigenvalue weighted by Gasteiger charge is 1.99. The van der Waals surface area contributed by atoms with Crippen LogP contribution in [0.25, 0.3) is 0 Å². The van der Waals surface area contributed by atoms with E-state index in [4.69, 9.17) is 6.42 Å². The minimum atomic E-state index is -0.397. The molecule has 0 heterocycles. The topological polar surface area (TPSA) is 74.4 Å². The van der Waals surface area contributed by atoms with Crippen LogP contribution in [0.15, 0.2) is 0 Å². The van der Waals surface area contributed by atoms with Crippen LogP contribution < -0.4 is 22.1 Å². The van der Waals surface area contributed by atoms with Gasteiger partial charge in [0.1, 0.15) is 0 Å². The van der Waals surface area contributed by atoms with Gasteiger partial charge in [-0.05, 0) is 6.42 Å². The van der Waals surface area contributed by atoms with E-state index in [1.807, 2.05) is 0 Å². The van der Waals surface area contributed by atoms with Crippen molar-refractivity contribution in [2.75, 3.05) is 6.54 Å². The van der Waals surface area contributed by atoms with Crippen molar-refractivity contribution in [2.45, 2.75) is 77.6 Å². The van der Waals surface area contributed by atoms with Crippen molar-refractivity contribution in [3.63, 3.8) is 0 Å². The first kappa shape index (κ1) is 20.9. The third-order valence-electron chi connectivity index (χ3n) is 3.25. The lowest BCUT2D eigenvalue weighted by atomic mass is 10.1. The largest absolute Gasteiger partial charge is 0.355 e. The quantitative estimate of drug-likeness (QED) is 0.199. The SMILES string of the molecule is C#CCCC(=O)ONNNNCCCCCCCCCCC. The Morgan fingerprint density at radius 2 is 1.64 bits per heavy atom. The fraction of sp³-hybridized carbons (Fsp3) is 0.812. The van der Waals surface area contributed by atoms with Crippen molar-refractivity contribution >= 4 is 5.97 Å². The van der Waals surface area contributed by atoms with Crippen molar-refractivity contribution < 1.29 is 9.63 Å². The van der Waals surface area contributed by atoms with Gasteiger partial charge in [0.25, 0.3) is 0 Å². The Bertz CT molecular complexity index is 292. The number of unbranched alkanes of at least 4 members (excludes halogenated alkanes) is 8. The second kappa shape index (κ2) is 17.9. The zero-order valence-electron chi connectivity index (χ0n) is 13.9. The van der Waals surface area contributed by atoms with Crippen LogP contribution in [0.5, 0.6) is 0 Å². The second-order valence-corrected chi connectivity index (χ2v) is 5.29. The zero-order chi connectivity index (χ0) is 16.3. The van der Waals surface area contributed by atoms with Crippen LogP contribution in [0, 0.1) is 12.3 Å². The minimum absolute atomic E-state index is 0.205. The molecule has 0 amide bonds. The van der Waals surface area contributed by atoms with Gasteiger partial charge in [0, 0.05) is 13.0 Å². The third-order valence-corrected chi connectivity index (χ3v) is 3.25. The van der Waals surface area contributed by atoms with Crippen molar-refractivity contribution in [2.24, 2.45) is 0 Å². The maximum atomic E-state index is 11.1. The van der Waals surface area contributed by atoms with Crippen molar-refractivity contribution in [3.05, 3.63) is 0 Å². The molecular weight excluding hydrogens is 280 g/mol. The molecule has 0 saturated carbocycles. The van der Waals surface area contributed by atoms with Gasteiger partial charge >= 0.3 is 5.97 Å². The molecule has 0 aliphatic heterocycles. The molecule has 128 valence electrons. The average Bonchev–Trinajstić information content (AvgIpc) is 2.53. The van der Waals surface area contributed by atoms with Crippen LogP contribution in [-0.4, -0.2) is 12.5 Å². The van der Waals surface area contributed by atoms with E-state index in [1.165, 1.54) is 51.4 Å². The maximum absolute atomic E-state index is 11.1. The molecule has 0 rings (SSSR count). The Morgan fingerprint density at radius 1 is 1.00 bits per heavy atom. The molecule has 0 saturated heterocycles. The van der Waals surface area contributed by atoms with Crippen LogP contribution in [0.2, 0.25) is 0 Å². The van der Waals surface area contributed by atoms with Crippen LogP contribution in [-0.2, 0) is 9.63 Å². The standard InChI is InChI=1S/C16H32N4O2/c1-3-5-7-8-9-10-11-12-13-15-17-18-19-20-22-16(21)14-6-4-2/h2,17-20H,3,5-15H2,1H3. The molecular formula is C16H32N4O2. The van der Waals surface area contributed by atoms with Gasteiger partial charge in [0.2, 0.25) is 0 Å². The first-order valence-corrected chi connectivity index (χ1v) is 8.42. The van der Waals surface area contributed by atoms with Crippen LogP contribution >= 0.6 is 0 Å². The lowest BCUT2D eigenvalue weighted by molar-refractivity contribution is -0.154. The number of carbonyl (C=O) groups excluding carboxylic acids is 1. The van der Waals surface area contributed by atoms with Crippen molar-refractivity contribution in [1.29, 1.82) is 0 Å². The summed E-state index contributed by atoms with van der Waals surface area (Å²) < 4.78 is 0. The number of hydrazine groups is 3. The Morgan fingerprint density at radius 3 is 2.27 bits per heavy atom. The van der Waals surface area contributed by atoms with E-state index in [9.17, 15) is 4.79 Å². The van der Waals surface area contributed by atoms with Gasteiger partial charge in [0.05, 0.1) is 6.42 Å². The average molecular weight is 312 g/mol. The van der Waals surface area contributed by atoms with E-state index in [-0.39, 0.29) is 6.42 Å². The molecule has 0 aliphatic rings. The van der Waals surface area contributed by atoms with Crippen LogP contribution in [0.1, 0.15) is 77.6 Å². The van der Waals surface area contributed by atoms with E-state index in [0.29, 0.717) is 6.42 Å². The van der Waals surface area contributed by atoms with Gasteiger partial charge in [-0.15, -0.1) is 17.9 Å². The van der Waals surface area contributed by atoms with E-state index >= 15 is 0 Å². The smallest absolute Gasteiger partial charge is 0.327 e. The number of carbonyl (C=O) groups is 1. The number of hydrogen-bond donors (Lipinski definition) is 4. The Labute approximate surface area is 135 Å². The monoisotopic (exact) mass is 312 g/mol. The Kier molecular flexibility index (Phi) is 17.0. The summed E-state index contributed by atoms with van der Waals surface area (Å²) in [6.45, 7) is 3.10. The summed E-state index contributed by atoms with van der Waals surface area (Å²) in [5.41, 5.74) is 10.5. The first-order chi connectivity index (χ1) is 10.8. The third kappa shape index (κ3) is 16.9. The highest BCUT2D eigenvalue weighted by molar-refractivity contribution is 5.69. The molecule has 0 atom stereocenters. The summed E-state index contributed by atoms with van der Waals surface area (Å²) in [5.74, 6) is 1.98. The highest BCUT2D eigenvalue weighted by atomic mass is 16.7. The van der Waals surface area contributed by atoms with E-state index in [1.54, 1.807) is 0 Å². The van der Waals surface area contributed by atoms with Gasteiger partial charge in [-0.25, -0.2) is 5.43 Å². The summed E-state index contributed by atoms with van der Waals surface area (Å²) in [6, 6.07) is 0. The summed E-state index contributed by atoms with van der Waals surface area (Å²) in [6.07, 6.45) is 17.4. The normalized spacial score (nSPS) is 10.4. The van der Waals surface area contributed by atoms with E-state index in [0.717, 1.165) is 13.0 Å². The molecule has 0 radical (unpaired) electrons. The Hall–Kier alpha value is -1.13. The van der Waals surface area contributed by atoms with Gasteiger partial charge in [-0.3, -0.25) is 4.79 Å². The molecule has 0 aromatic heterocycles.